The van der Waals surface area contributed by atoms with E-state index in [0.717, 1.165) is 19.3 Å². The molecule has 1 heterocycles. The van der Waals surface area contributed by atoms with Crippen LogP contribution in [0.1, 0.15) is 64.2 Å². The van der Waals surface area contributed by atoms with Gasteiger partial charge in [-0.15, -0.1) is 0 Å². The van der Waals surface area contributed by atoms with E-state index in [-0.39, 0.29) is 12.1 Å². The highest BCUT2D eigenvalue weighted by atomic mass is 16.6. The van der Waals surface area contributed by atoms with Crippen molar-refractivity contribution in [3.63, 3.8) is 0 Å². The Balaban J connectivity index is 1.79. The standard InChI is InChI=1S/C15H22O3/c16-12-7-4-8-13-15(12,10-14(17)18-13)9-11-5-2-1-3-6-11/h11,13H,1-10H2/t13-,15+/m0/s1. The highest BCUT2D eigenvalue weighted by molar-refractivity contribution is 5.92. The number of Topliss-reactive ketones (excluding diaryl/α,β-unsaturated/α-hetero) is 1. The average molecular weight is 250 g/mol. The normalized spacial score (nSPS) is 37.4. The minimum absolute atomic E-state index is 0.104. The Hall–Kier alpha value is -0.860. The molecule has 3 aliphatic rings. The van der Waals surface area contributed by atoms with Gasteiger partial charge in [0.15, 0.2) is 0 Å². The maximum atomic E-state index is 12.4. The second-order valence-corrected chi connectivity index (χ2v) is 6.33. The van der Waals surface area contributed by atoms with Crippen molar-refractivity contribution in [1.29, 1.82) is 0 Å². The molecule has 2 aliphatic carbocycles. The summed E-state index contributed by atoms with van der Waals surface area (Å²) >= 11 is 0. The van der Waals surface area contributed by atoms with E-state index < -0.39 is 5.41 Å². The van der Waals surface area contributed by atoms with Crippen LogP contribution < -0.4 is 0 Å². The zero-order valence-corrected chi connectivity index (χ0v) is 11.0. The number of hydrogen-bond donors (Lipinski definition) is 0. The summed E-state index contributed by atoms with van der Waals surface area (Å²) < 4.78 is 5.42. The molecule has 0 radical (unpaired) electrons. The quantitative estimate of drug-likeness (QED) is 0.707. The van der Waals surface area contributed by atoms with E-state index >= 15 is 0 Å². The number of carbonyl (C=O) groups is 2. The maximum Gasteiger partial charge on any atom is 0.307 e. The lowest BCUT2D eigenvalue weighted by Gasteiger charge is -2.38. The Morgan fingerprint density at radius 3 is 2.61 bits per heavy atom. The molecule has 0 spiro atoms. The summed E-state index contributed by atoms with van der Waals surface area (Å²) in [5.41, 5.74) is -0.433. The summed E-state index contributed by atoms with van der Waals surface area (Å²) in [5, 5.41) is 0. The van der Waals surface area contributed by atoms with E-state index in [0.29, 0.717) is 24.5 Å². The predicted molar refractivity (Wildman–Crippen MR) is 67.0 cm³/mol. The number of fused-ring (bicyclic) bond motifs is 1. The molecular formula is C15H22O3. The first-order valence-corrected chi connectivity index (χ1v) is 7.43. The van der Waals surface area contributed by atoms with Crippen LogP contribution in [0.4, 0.5) is 0 Å². The van der Waals surface area contributed by atoms with Crippen molar-refractivity contribution in [2.75, 3.05) is 0 Å². The molecule has 100 valence electrons. The van der Waals surface area contributed by atoms with Gasteiger partial charge in [-0.05, 0) is 25.2 Å². The molecule has 0 aromatic heterocycles. The number of ether oxygens (including phenoxy) is 1. The van der Waals surface area contributed by atoms with Crippen LogP contribution in [-0.4, -0.2) is 17.9 Å². The molecule has 0 unspecified atom stereocenters. The van der Waals surface area contributed by atoms with E-state index in [9.17, 15) is 9.59 Å². The van der Waals surface area contributed by atoms with E-state index in [2.05, 4.69) is 0 Å². The van der Waals surface area contributed by atoms with Crippen LogP contribution in [-0.2, 0) is 14.3 Å². The fraction of sp³-hybridized carbons (Fsp3) is 0.867. The third-order valence-corrected chi connectivity index (χ3v) is 5.15. The number of esters is 1. The van der Waals surface area contributed by atoms with Crippen LogP contribution in [0.25, 0.3) is 0 Å². The monoisotopic (exact) mass is 250 g/mol. The molecule has 18 heavy (non-hydrogen) atoms. The molecule has 3 heteroatoms. The van der Waals surface area contributed by atoms with E-state index in [4.69, 9.17) is 4.74 Å². The highest BCUT2D eigenvalue weighted by Gasteiger charge is 2.55. The van der Waals surface area contributed by atoms with Gasteiger partial charge in [-0.3, -0.25) is 9.59 Å². The van der Waals surface area contributed by atoms with Crippen molar-refractivity contribution in [3.8, 4) is 0 Å². The molecule has 1 saturated heterocycles. The van der Waals surface area contributed by atoms with Gasteiger partial charge in [0.1, 0.15) is 11.9 Å². The first-order chi connectivity index (χ1) is 8.71. The average Bonchev–Trinajstić information content (AvgIpc) is 2.68. The van der Waals surface area contributed by atoms with E-state index in [1.165, 1.54) is 32.1 Å². The molecule has 3 fully saturated rings. The zero-order valence-electron chi connectivity index (χ0n) is 11.0. The van der Waals surface area contributed by atoms with Gasteiger partial charge in [0, 0.05) is 6.42 Å². The van der Waals surface area contributed by atoms with Crippen LogP contribution >= 0.6 is 0 Å². The molecule has 2 atom stereocenters. The van der Waals surface area contributed by atoms with Gasteiger partial charge in [-0.1, -0.05) is 32.1 Å². The summed E-state index contributed by atoms with van der Waals surface area (Å²) in [5.74, 6) is 0.791. The maximum absolute atomic E-state index is 12.4. The van der Waals surface area contributed by atoms with Crippen LogP contribution in [0.2, 0.25) is 0 Å². The fourth-order valence-electron chi connectivity index (χ4n) is 4.22. The predicted octanol–water partition coefficient (Wildman–Crippen LogP) is 3.01. The van der Waals surface area contributed by atoms with Crippen molar-refractivity contribution in [1.82, 2.24) is 0 Å². The van der Waals surface area contributed by atoms with Crippen molar-refractivity contribution in [2.45, 2.75) is 70.3 Å². The van der Waals surface area contributed by atoms with Crippen molar-refractivity contribution < 1.29 is 14.3 Å². The van der Waals surface area contributed by atoms with Crippen LogP contribution in [0.3, 0.4) is 0 Å². The van der Waals surface area contributed by atoms with Crippen LogP contribution in [0.5, 0.6) is 0 Å². The molecule has 2 saturated carbocycles. The van der Waals surface area contributed by atoms with Gasteiger partial charge in [-0.25, -0.2) is 0 Å². The first-order valence-electron chi connectivity index (χ1n) is 7.43. The summed E-state index contributed by atoms with van der Waals surface area (Å²) in [6.07, 6.45) is 9.96. The zero-order chi connectivity index (χ0) is 12.6. The second-order valence-electron chi connectivity index (χ2n) is 6.33. The fourth-order valence-corrected chi connectivity index (χ4v) is 4.22. The van der Waals surface area contributed by atoms with Gasteiger partial charge < -0.3 is 4.74 Å². The molecule has 0 bridgehead atoms. The smallest absolute Gasteiger partial charge is 0.307 e. The Kier molecular flexibility index (Phi) is 3.16. The van der Waals surface area contributed by atoms with E-state index in [1.807, 2.05) is 0 Å². The highest BCUT2D eigenvalue weighted by Crippen LogP contribution is 2.49. The molecule has 1 aliphatic heterocycles. The molecule has 3 rings (SSSR count). The minimum Gasteiger partial charge on any atom is -0.461 e. The summed E-state index contributed by atoms with van der Waals surface area (Å²) in [4.78, 5) is 24.0. The lowest BCUT2D eigenvalue weighted by atomic mass is 9.64. The van der Waals surface area contributed by atoms with Crippen LogP contribution in [0.15, 0.2) is 0 Å². The third kappa shape index (κ3) is 1.98. The van der Waals surface area contributed by atoms with Gasteiger partial charge in [0.2, 0.25) is 0 Å². The number of ketones is 1. The Labute approximate surface area is 108 Å². The molecular weight excluding hydrogens is 228 g/mol. The first kappa shape index (κ1) is 12.2. The largest absolute Gasteiger partial charge is 0.461 e. The van der Waals surface area contributed by atoms with Crippen LogP contribution in [0, 0.1) is 11.3 Å². The van der Waals surface area contributed by atoms with Gasteiger partial charge in [0.05, 0.1) is 11.8 Å². The molecule has 0 amide bonds. The molecule has 0 N–H and O–H groups in total. The summed E-state index contributed by atoms with van der Waals surface area (Å²) in [6.45, 7) is 0. The summed E-state index contributed by atoms with van der Waals surface area (Å²) in [7, 11) is 0. The number of rotatable bonds is 2. The lowest BCUT2D eigenvalue weighted by molar-refractivity contribution is -0.144. The molecule has 3 nitrogen and oxygen atoms in total. The number of carbonyl (C=O) groups excluding carboxylic acids is 2. The number of hydrogen-bond acceptors (Lipinski definition) is 3. The van der Waals surface area contributed by atoms with Gasteiger partial charge in [0.25, 0.3) is 0 Å². The Morgan fingerprint density at radius 1 is 1.06 bits per heavy atom. The van der Waals surface area contributed by atoms with Crippen molar-refractivity contribution in [3.05, 3.63) is 0 Å². The lowest BCUT2D eigenvalue weighted by Crippen LogP contribution is -2.44. The third-order valence-electron chi connectivity index (χ3n) is 5.15. The van der Waals surface area contributed by atoms with Crippen molar-refractivity contribution in [2.24, 2.45) is 11.3 Å². The topological polar surface area (TPSA) is 43.4 Å². The minimum atomic E-state index is -0.433. The van der Waals surface area contributed by atoms with Crippen molar-refractivity contribution >= 4 is 11.8 Å². The summed E-state index contributed by atoms with van der Waals surface area (Å²) in [6, 6.07) is 0. The van der Waals surface area contributed by atoms with E-state index in [1.54, 1.807) is 0 Å². The van der Waals surface area contributed by atoms with Gasteiger partial charge in [-0.2, -0.15) is 0 Å². The van der Waals surface area contributed by atoms with Gasteiger partial charge >= 0.3 is 5.97 Å². The SMILES string of the molecule is O=C1C[C@]2(CC3CCCCC3)C(=O)CCC[C@@H]2O1. The molecule has 0 aromatic carbocycles. The molecule has 0 aromatic rings. The Morgan fingerprint density at radius 2 is 1.83 bits per heavy atom. The second kappa shape index (κ2) is 4.67. The Bertz CT molecular complexity index is 357.